The van der Waals surface area contributed by atoms with Gasteiger partial charge in [-0.25, -0.2) is 0 Å². The van der Waals surface area contributed by atoms with Gasteiger partial charge in [-0.1, -0.05) is 24.3 Å². The molecule has 1 aromatic carbocycles. The molecule has 112 valence electrons. The van der Waals surface area contributed by atoms with Crippen molar-refractivity contribution in [2.24, 2.45) is 0 Å². The second kappa shape index (κ2) is 9.06. The highest BCUT2D eigenvalue weighted by atomic mass is 31.2. The standard InChI is InChI=1S/C15H23O4P/c1-3-18-20(17,19-4-2)13-15-11-6-5-9-14(15)10-7-8-12-16/h5-6,9,11-12H,3-4,7-8,10,13H2,1-2H3. The Balaban J connectivity index is 2.83. The normalized spacial score (nSPS) is 11.5. The van der Waals surface area contributed by atoms with Gasteiger partial charge in [0.05, 0.1) is 19.4 Å². The summed E-state index contributed by atoms with van der Waals surface area (Å²) in [5, 5.41) is 0. The second-order valence-electron chi connectivity index (χ2n) is 4.43. The maximum absolute atomic E-state index is 12.6. The lowest BCUT2D eigenvalue weighted by Gasteiger charge is -2.18. The molecule has 0 fully saturated rings. The average molecular weight is 298 g/mol. The van der Waals surface area contributed by atoms with Crippen LogP contribution in [0, 0.1) is 0 Å². The Hall–Kier alpha value is -0.960. The fourth-order valence-corrected chi connectivity index (χ4v) is 3.83. The molecule has 1 aromatic rings. The molecular weight excluding hydrogens is 275 g/mol. The molecule has 0 aliphatic heterocycles. The maximum Gasteiger partial charge on any atom is 0.335 e. The van der Waals surface area contributed by atoms with Crippen molar-refractivity contribution >= 4 is 13.9 Å². The van der Waals surface area contributed by atoms with E-state index < -0.39 is 7.60 Å². The summed E-state index contributed by atoms with van der Waals surface area (Å²) in [5.41, 5.74) is 2.08. The van der Waals surface area contributed by atoms with Crippen molar-refractivity contribution in [3.05, 3.63) is 35.4 Å². The Morgan fingerprint density at radius 1 is 1.10 bits per heavy atom. The summed E-state index contributed by atoms with van der Waals surface area (Å²) in [4.78, 5) is 10.4. The molecule has 0 saturated heterocycles. The quantitative estimate of drug-likeness (QED) is 0.372. The van der Waals surface area contributed by atoms with E-state index in [1.165, 1.54) is 0 Å². The van der Waals surface area contributed by atoms with Gasteiger partial charge in [0.1, 0.15) is 6.29 Å². The van der Waals surface area contributed by atoms with Crippen LogP contribution in [0.1, 0.15) is 37.8 Å². The molecule has 0 atom stereocenters. The molecule has 20 heavy (non-hydrogen) atoms. The van der Waals surface area contributed by atoms with Crippen LogP contribution in [0.25, 0.3) is 0 Å². The lowest BCUT2D eigenvalue weighted by atomic mass is 10.0. The van der Waals surface area contributed by atoms with Crippen LogP contribution in [-0.4, -0.2) is 19.5 Å². The molecule has 0 unspecified atom stereocenters. The molecule has 0 aliphatic rings. The molecule has 0 aliphatic carbocycles. The molecule has 1 rings (SSSR count). The van der Waals surface area contributed by atoms with E-state index in [0.717, 1.165) is 30.3 Å². The van der Waals surface area contributed by atoms with Crippen molar-refractivity contribution in [2.75, 3.05) is 13.2 Å². The van der Waals surface area contributed by atoms with E-state index in [1.54, 1.807) is 0 Å². The third-order valence-corrected chi connectivity index (χ3v) is 4.93. The minimum atomic E-state index is -3.08. The van der Waals surface area contributed by atoms with Crippen molar-refractivity contribution in [3.8, 4) is 0 Å². The van der Waals surface area contributed by atoms with Crippen LogP contribution in [0.4, 0.5) is 0 Å². The predicted octanol–water partition coefficient (Wildman–Crippen LogP) is 3.97. The highest BCUT2D eigenvalue weighted by Crippen LogP contribution is 2.51. The number of carbonyl (C=O) groups is 1. The maximum atomic E-state index is 12.6. The van der Waals surface area contributed by atoms with Crippen molar-refractivity contribution in [3.63, 3.8) is 0 Å². The third kappa shape index (κ3) is 5.58. The SMILES string of the molecule is CCOP(=O)(Cc1ccccc1CCCC=O)OCC. The summed E-state index contributed by atoms with van der Waals surface area (Å²) >= 11 is 0. The first-order chi connectivity index (χ1) is 9.65. The summed E-state index contributed by atoms with van der Waals surface area (Å²) in [6, 6.07) is 7.82. The van der Waals surface area contributed by atoms with Crippen LogP contribution >= 0.6 is 7.60 Å². The number of aldehydes is 1. The lowest BCUT2D eigenvalue weighted by molar-refractivity contribution is -0.107. The van der Waals surface area contributed by atoms with Gasteiger partial charge in [-0.05, 0) is 37.8 Å². The number of aryl methyl sites for hydroxylation is 1. The smallest absolute Gasteiger partial charge is 0.309 e. The Morgan fingerprint density at radius 2 is 1.70 bits per heavy atom. The minimum Gasteiger partial charge on any atom is -0.309 e. The first kappa shape index (κ1) is 17.1. The number of hydrogen-bond donors (Lipinski definition) is 0. The summed E-state index contributed by atoms with van der Waals surface area (Å²) in [6.45, 7) is 4.35. The molecule has 0 bridgehead atoms. The molecule has 0 aromatic heterocycles. The zero-order valence-electron chi connectivity index (χ0n) is 12.2. The Labute approximate surface area is 121 Å². The average Bonchev–Trinajstić information content (AvgIpc) is 2.41. The van der Waals surface area contributed by atoms with Gasteiger partial charge < -0.3 is 13.8 Å². The third-order valence-electron chi connectivity index (χ3n) is 2.90. The molecule has 0 heterocycles. The Morgan fingerprint density at radius 3 is 2.25 bits per heavy atom. The van der Waals surface area contributed by atoms with Crippen molar-refractivity contribution in [1.82, 2.24) is 0 Å². The van der Waals surface area contributed by atoms with Gasteiger partial charge in [0.15, 0.2) is 0 Å². The second-order valence-corrected chi connectivity index (χ2v) is 6.49. The number of unbranched alkanes of at least 4 members (excludes halogenated alkanes) is 1. The lowest BCUT2D eigenvalue weighted by Crippen LogP contribution is -2.02. The van der Waals surface area contributed by atoms with Gasteiger partial charge in [0.25, 0.3) is 0 Å². The molecule has 0 amide bonds. The zero-order chi connectivity index (χ0) is 14.8. The van der Waals surface area contributed by atoms with Crippen LogP contribution in [0.15, 0.2) is 24.3 Å². The topological polar surface area (TPSA) is 52.6 Å². The fourth-order valence-electron chi connectivity index (χ4n) is 2.06. The molecule has 0 saturated carbocycles. The fraction of sp³-hybridized carbons (Fsp3) is 0.533. The van der Waals surface area contributed by atoms with Crippen LogP contribution in [0.3, 0.4) is 0 Å². The van der Waals surface area contributed by atoms with Gasteiger partial charge in [-0.15, -0.1) is 0 Å². The van der Waals surface area contributed by atoms with Crippen molar-refractivity contribution < 1.29 is 18.4 Å². The number of rotatable bonds is 10. The summed E-state index contributed by atoms with van der Waals surface area (Å²) in [6.07, 6.45) is 3.35. The predicted molar refractivity (Wildman–Crippen MR) is 80.0 cm³/mol. The van der Waals surface area contributed by atoms with Gasteiger partial charge in [0.2, 0.25) is 0 Å². The van der Waals surface area contributed by atoms with Crippen molar-refractivity contribution in [2.45, 2.75) is 39.3 Å². The molecule has 4 nitrogen and oxygen atoms in total. The van der Waals surface area contributed by atoms with E-state index in [-0.39, 0.29) is 6.16 Å². The molecule has 0 spiro atoms. The minimum absolute atomic E-state index is 0.284. The highest BCUT2D eigenvalue weighted by molar-refractivity contribution is 7.53. The summed E-state index contributed by atoms with van der Waals surface area (Å²) < 4.78 is 23.2. The monoisotopic (exact) mass is 298 g/mol. The van der Waals surface area contributed by atoms with E-state index in [4.69, 9.17) is 9.05 Å². The van der Waals surface area contributed by atoms with E-state index in [9.17, 15) is 9.36 Å². The highest BCUT2D eigenvalue weighted by Gasteiger charge is 2.25. The van der Waals surface area contributed by atoms with E-state index in [0.29, 0.717) is 19.6 Å². The van der Waals surface area contributed by atoms with Crippen LogP contribution in [-0.2, 0) is 31.0 Å². The zero-order valence-corrected chi connectivity index (χ0v) is 13.1. The first-order valence-corrected chi connectivity index (χ1v) is 8.76. The summed E-state index contributed by atoms with van der Waals surface area (Å²) in [7, 11) is -3.08. The van der Waals surface area contributed by atoms with Crippen LogP contribution < -0.4 is 0 Å². The molecular formula is C15H23O4P. The molecule has 5 heteroatoms. The number of hydrogen-bond acceptors (Lipinski definition) is 4. The number of carbonyl (C=O) groups excluding carboxylic acids is 1. The van der Waals surface area contributed by atoms with Crippen LogP contribution in [0.5, 0.6) is 0 Å². The molecule has 0 N–H and O–H groups in total. The number of benzene rings is 1. The van der Waals surface area contributed by atoms with Gasteiger partial charge in [-0.3, -0.25) is 4.57 Å². The van der Waals surface area contributed by atoms with E-state index >= 15 is 0 Å². The molecule has 0 radical (unpaired) electrons. The van der Waals surface area contributed by atoms with Gasteiger partial charge in [-0.2, -0.15) is 0 Å². The van der Waals surface area contributed by atoms with Crippen LogP contribution in [0.2, 0.25) is 0 Å². The van der Waals surface area contributed by atoms with Gasteiger partial charge in [0, 0.05) is 6.42 Å². The van der Waals surface area contributed by atoms with Gasteiger partial charge >= 0.3 is 7.60 Å². The summed E-state index contributed by atoms with van der Waals surface area (Å²) in [5.74, 6) is 0. The Bertz CT molecular complexity index is 449. The van der Waals surface area contributed by atoms with E-state index in [1.807, 2.05) is 38.1 Å². The Kier molecular flexibility index (Phi) is 7.75. The van der Waals surface area contributed by atoms with Crippen molar-refractivity contribution in [1.29, 1.82) is 0 Å². The largest absolute Gasteiger partial charge is 0.335 e. The van der Waals surface area contributed by atoms with E-state index in [2.05, 4.69) is 0 Å². The first-order valence-electron chi connectivity index (χ1n) is 7.03.